The van der Waals surface area contributed by atoms with Crippen LogP contribution >= 0.6 is 11.3 Å². The Morgan fingerprint density at radius 3 is 2.90 bits per heavy atom. The number of hydrogen-bond donors (Lipinski definition) is 2. The Hall–Kier alpha value is -0.470. The maximum Gasteiger partial charge on any atom is 0.250 e. The average Bonchev–Trinajstić information content (AvgIpc) is 3.11. The molecule has 5 nitrogen and oxygen atoms in total. The van der Waals surface area contributed by atoms with Gasteiger partial charge in [0.15, 0.2) is 0 Å². The molecule has 1 aliphatic carbocycles. The summed E-state index contributed by atoms with van der Waals surface area (Å²) in [6.07, 6.45) is 3.97. The summed E-state index contributed by atoms with van der Waals surface area (Å²) in [5, 5.41) is 0. The molecule has 0 saturated heterocycles. The minimum atomic E-state index is -3.38. The summed E-state index contributed by atoms with van der Waals surface area (Å²) in [6.45, 7) is 2.38. The molecule has 0 aliphatic heterocycles. The monoisotopic (exact) mass is 318 g/mol. The Morgan fingerprint density at radius 2 is 2.20 bits per heavy atom. The zero-order chi connectivity index (χ0) is 14.4. The van der Waals surface area contributed by atoms with Gasteiger partial charge in [-0.3, -0.25) is 0 Å². The quantitative estimate of drug-likeness (QED) is 0.638. The van der Waals surface area contributed by atoms with Crippen LogP contribution in [0, 0.1) is 5.92 Å². The summed E-state index contributed by atoms with van der Waals surface area (Å²) >= 11 is 1.28. The lowest BCUT2D eigenvalue weighted by molar-refractivity contribution is 0.123. The molecule has 1 aromatic rings. The summed E-state index contributed by atoms with van der Waals surface area (Å²) in [5.74, 6) is 0.749. The molecule has 2 rings (SSSR count). The second kappa shape index (κ2) is 7.51. The Balaban J connectivity index is 1.68. The van der Waals surface area contributed by atoms with E-state index in [1.165, 1.54) is 24.2 Å². The van der Waals surface area contributed by atoms with Gasteiger partial charge in [-0.2, -0.15) is 0 Å². The standard InChI is InChI=1S/C13H22N2O3S2/c14-7-6-12-4-5-13(19-12)20(16,17)15-8-1-9-18-10-11-2-3-11/h4-5,11,15H,1-3,6-10,14H2. The Bertz CT molecular complexity index is 509. The molecule has 1 saturated carbocycles. The van der Waals surface area contributed by atoms with Crippen molar-refractivity contribution in [2.24, 2.45) is 11.7 Å². The van der Waals surface area contributed by atoms with E-state index in [2.05, 4.69) is 4.72 Å². The molecule has 0 bridgehead atoms. The van der Waals surface area contributed by atoms with Crippen LogP contribution in [-0.2, 0) is 21.2 Å². The number of sulfonamides is 1. The molecule has 1 fully saturated rings. The number of nitrogens with one attached hydrogen (secondary N) is 1. The minimum Gasteiger partial charge on any atom is -0.381 e. The zero-order valence-corrected chi connectivity index (χ0v) is 13.1. The van der Waals surface area contributed by atoms with Crippen molar-refractivity contribution in [1.29, 1.82) is 0 Å². The van der Waals surface area contributed by atoms with E-state index < -0.39 is 10.0 Å². The number of hydrogen-bond acceptors (Lipinski definition) is 5. The first-order chi connectivity index (χ1) is 9.62. The fourth-order valence-electron chi connectivity index (χ4n) is 1.77. The third kappa shape index (κ3) is 5.14. The maximum atomic E-state index is 12.0. The fourth-order valence-corrected chi connectivity index (χ4v) is 4.26. The van der Waals surface area contributed by atoms with Gasteiger partial charge in [-0.05, 0) is 50.3 Å². The minimum absolute atomic E-state index is 0.361. The molecule has 0 spiro atoms. The van der Waals surface area contributed by atoms with Gasteiger partial charge in [-0.1, -0.05) is 0 Å². The van der Waals surface area contributed by atoms with Crippen LogP contribution < -0.4 is 10.5 Å². The van der Waals surface area contributed by atoms with Crippen LogP contribution in [-0.4, -0.2) is 34.7 Å². The van der Waals surface area contributed by atoms with Gasteiger partial charge in [0.25, 0.3) is 0 Å². The van der Waals surface area contributed by atoms with Crippen molar-refractivity contribution in [3.8, 4) is 0 Å². The molecule has 0 radical (unpaired) electrons. The summed E-state index contributed by atoms with van der Waals surface area (Å²) in [7, 11) is -3.38. The molecule has 1 aromatic heterocycles. The third-order valence-electron chi connectivity index (χ3n) is 3.10. The maximum absolute atomic E-state index is 12.0. The highest BCUT2D eigenvalue weighted by Crippen LogP contribution is 2.28. The zero-order valence-electron chi connectivity index (χ0n) is 11.5. The smallest absolute Gasteiger partial charge is 0.250 e. The van der Waals surface area contributed by atoms with Crippen LogP contribution in [0.3, 0.4) is 0 Å². The Kier molecular flexibility index (Phi) is 5.98. The molecule has 0 aromatic carbocycles. The van der Waals surface area contributed by atoms with Crippen LogP contribution in [0.25, 0.3) is 0 Å². The number of rotatable bonds is 10. The van der Waals surface area contributed by atoms with E-state index >= 15 is 0 Å². The number of ether oxygens (including phenoxy) is 1. The first-order valence-corrected chi connectivity index (χ1v) is 9.28. The van der Waals surface area contributed by atoms with Crippen LogP contribution in [0.2, 0.25) is 0 Å². The summed E-state index contributed by atoms with van der Waals surface area (Å²) in [6, 6.07) is 3.46. The molecule has 0 atom stereocenters. The summed E-state index contributed by atoms with van der Waals surface area (Å²) in [4.78, 5) is 1.00. The number of thiophene rings is 1. The van der Waals surface area contributed by atoms with Crippen molar-refractivity contribution < 1.29 is 13.2 Å². The van der Waals surface area contributed by atoms with Crippen LogP contribution in [0.4, 0.5) is 0 Å². The molecule has 3 N–H and O–H groups in total. The van der Waals surface area contributed by atoms with Gasteiger partial charge in [0.05, 0.1) is 0 Å². The van der Waals surface area contributed by atoms with E-state index in [4.69, 9.17) is 10.5 Å². The first kappa shape index (κ1) is 15.9. The predicted octanol–water partition coefficient (Wildman–Crippen LogP) is 1.34. The molecule has 114 valence electrons. The summed E-state index contributed by atoms with van der Waals surface area (Å²) < 4.78 is 32.5. The van der Waals surface area contributed by atoms with Gasteiger partial charge < -0.3 is 10.5 Å². The molecule has 1 heterocycles. The van der Waals surface area contributed by atoms with E-state index in [0.717, 1.165) is 23.8 Å². The van der Waals surface area contributed by atoms with Crippen molar-refractivity contribution in [3.05, 3.63) is 17.0 Å². The van der Waals surface area contributed by atoms with Gasteiger partial charge in [0.2, 0.25) is 10.0 Å². The SMILES string of the molecule is NCCc1ccc(S(=O)(=O)NCCCOCC2CC2)s1. The van der Waals surface area contributed by atoms with Crippen molar-refractivity contribution in [2.75, 3.05) is 26.3 Å². The molecule has 20 heavy (non-hydrogen) atoms. The highest BCUT2D eigenvalue weighted by atomic mass is 32.2. The van der Waals surface area contributed by atoms with Gasteiger partial charge >= 0.3 is 0 Å². The van der Waals surface area contributed by atoms with Gasteiger partial charge in [0.1, 0.15) is 4.21 Å². The van der Waals surface area contributed by atoms with Gasteiger partial charge in [0, 0.05) is 24.6 Å². The van der Waals surface area contributed by atoms with Crippen LogP contribution in [0.5, 0.6) is 0 Å². The van der Waals surface area contributed by atoms with Gasteiger partial charge in [-0.15, -0.1) is 11.3 Å². The van der Waals surface area contributed by atoms with Crippen molar-refractivity contribution in [1.82, 2.24) is 4.72 Å². The first-order valence-electron chi connectivity index (χ1n) is 6.98. The number of nitrogens with two attached hydrogens (primary N) is 1. The van der Waals surface area contributed by atoms with Crippen molar-refractivity contribution in [3.63, 3.8) is 0 Å². The van der Waals surface area contributed by atoms with E-state index in [0.29, 0.717) is 30.3 Å². The van der Waals surface area contributed by atoms with E-state index in [1.807, 2.05) is 6.07 Å². The largest absolute Gasteiger partial charge is 0.381 e. The molecule has 1 aliphatic rings. The topological polar surface area (TPSA) is 81.4 Å². The normalized spacial score (nSPS) is 15.7. The van der Waals surface area contributed by atoms with Crippen LogP contribution in [0.1, 0.15) is 24.1 Å². The molecular weight excluding hydrogens is 296 g/mol. The average molecular weight is 318 g/mol. The van der Waals surface area contributed by atoms with Crippen LogP contribution in [0.15, 0.2) is 16.3 Å². The predicted molar refractivity (Wildman–Crippen MR) is 80.4 cm³/mol. The third-order valence-corrected chi connectivity index (χ3v) is 6.20. The molecule has 7 heteroatoms. The lowest BCUT2D eigenvalue weighted by Gasteiger charge is -2.05. The molecule has 0 unspecified atom stereocenters. The Labute approximate surface area is 124 Å². The lowest BCUT2D eigenvalue weighted by Crippen LogP contribution is -2.24. The second-order valence-electron chi connectivity index (χ2n) is 5.03. The van der Waals surface area contributed by atoms with E-state index in [-0.39, 0.29) is 0 Å². The van der Waals surface area contributed by atoms with Crippen molar-refractivity contribution in [2.45, 2.75) is 29.9 Å². The van der Waals surface area contributed by atoms with Crippen molar-refractivity contribution >= 4 is 21.4 Å². The lowest BCUT2D eigenvalue weighted by atomic mass is 10.3. The highest BCUT2D eigenvalue weighted by molar-refractivity contribution is 7.91. The highest BCUT2D eigenvalue weighted by Gasteiger charge is 2.21. The Morgan fingerprint density at radius 1 is 1.40 bits per heavy atom. The van der Waals surface area contributed by atoms with E-state index in [1.54, 1.807) is 6.07 Å². The van der Waals surface area contributed by atoms with Gasteiger partial charge in [-0.25, -0.2) is 13.1 Å². The molecule has 0 amide bonds. The van der Waals surface area contributed by atoms with E-state index in [9.17, 15) is 8.42 Å². The second-order valence-corrected chi connectivity index (χ2v) is 8.19. The summed E-state index contributed by atoms with van der Waals surface area (Å²) in [5.41, 5.74) is 5.46. The molecular formula is C13H22N2O3S2. The fraction of sp³-hybridized carbons (Fsp3) is 0.692.